The van der Waals surface area contributed by atoms with Crippen molar-refractivity contribution in [2.75, 3.05) is 0 Å². The molecule has 0 aromatic carbocycles. The summed E-state index contributed by atoms with van der Waals surface area (Å²) in [7, 11) is 0. The third-order valence-corrected chi connectivity index (χ3v) is 4.46. The molecular weight excluding hydrogens is 224 g/mol. The Morgan fingerprint density at radius 3 is 3.19 bits per heavy atom. The van der Waals surface area contributed by atoms with E-state index in [1.54, 1.807) is 0 Å². The highest BCUT2D eigenvalue weighted by molar-refractivity contribution is 6.29. The van der Waals surface area contributed by atoms with Gasteiger partial charge in [-0.25, -0.2) is 4.98 Å². The average Bonchev–Trinajstić information content (AvgIpc) is 2.94. The summed E-state index contributed by atoms with van der Waals surface area (Å²) in [6.07, 6.45) is 5.50. The zero-order chi connectivity index (χ0) is 10.8. The van der Waals surface area contributed by atoms with E-state index in [1.807, 2.05) is 12.3 Å². The Morgan fingerprint density at radius 2 is 2.44 bits per heavy atom. The summed E-state index contributed by atoms with van der Waals surface area (Å²) in [5, 5.41) is 4.20. The number of fused-ring (bicyclic) bond motifs is 5. The number of pyridine rings is 1. The fraction of sp³-hybridized carbons (Fsp3) is 0.583. The topological polar surface area (TPSA) is 34.2 Å². The molecule has 3 aliphatic heterocycles. The van der Waals surface area contributed by atoms with Gasteiger partial charge < -0.3 is 10.1 Å². The maximum atomic E-state index is 6.10. The summed E-state index contributed by atoms with van der Waals surface area (Å²) in [4.78, 5) is 4.21. The summed E-state index contributed by atoms with van der Waals surface area (Å²) in [5.74, 6) is 0. The van der Waals surface area contributed by atoms with Gasteiger partial charge in [0.05, 0.1) is 6.61 Å². The van der Waals surface area contributed by atoms with Crippen molar-refractivity contribution in [2.45, 2.75) is 43.6 Å². The van der Waals surface area contributed by atoms with Crippen LogP contribution in [0, 0.1) is 0 Å². The predicted octanol–water partition coefficient (Wildman–Crippen LogP) is 1.98. The van der Waals surface area contributed by atoms with Crippen molar-refractivity contribution >= 4 is 11.6 Å². The molecule has 0 radical (unpaired) electrons. The molecule has 84 valence electrons. The van der Waals surface area contributed by atoms with Crippen molar-refractivity contribution in [3.63, 3.8) is 0 Å². The summed E-state index contributed by atoms with van der Waals surface area (Å²) in [6, 6.07) is 3.05. The third kappa shape index (κ3) is 1.04. The van der Waals surface area contributed by atoms with Gasteiger partial charge in [-0.2, -0.15) is 0 Å². The lowest BCUT2D eigenvalue weighted by Gasteiger charge is -2.32. The lowest BCUT2D eigenvalue weighted by molar-refractivity contribution is -0.0550. The fourth-order valence-electron chi connectivity index (χ4n) is 3.57. The minimum Gasteiger partial charge on any atom is -0.364 e. The number of halogens is 1. The monoisotopic (exact) mass is 236 g/mol. The molecule has 2 bridgehead atoms. The predicted molar refractivity (Wildman–Crippen MR) is 60.3 cm³/mol. The molecular formula is C12H13ClN2O. The van der Waals surface area contributed by atoms with Crippen LogP contribution in [0.25, 0.3) is 0 Å². The molecule has 1 aromatic rings. The number of aromatic nitrogens is 1. The Kier molecular flexibility index (Phi) is 1.75. The number of rotatable bonds is 0. The normalized spacial score (nSPS) is 39.6. The van der Waals surface area contributed by atoms with Gasteiger partial charge in [0, 0.05) is 23.8 Å². The van der Waals surface area contributed by atoms with Gasteiger partial charge in [0.25, 0.3) is 0 Å². The molecule has 3 nitrogen and oxygen atoms in total. The van der Waals surface area contributed by atoms with E-state index in [0.29, 0.717) is 23.8 Å². The summed E-state index contributed by atoms with van der Waals surface area (Å²) < 4.78 is 6.10. The van der Waals surface area contributed by atoms with Gasteiger partial charge in [-0.1, -0.05) is 11.6 Å². The first-order chi connectivity index (χ1) is 7.78. The smallest absolute Gasteiger partial charge is 0.129 e. The molecule has 2 fully saturated rings. The Bertz CT molecular complexity index is 464. The van der Waals surface area contributed by atoms with E-state index in [9.17, 15) is 0 Å². The van der Waals surface area contributed by atoms with Crippen molar-refractivity contribution in [1.82, 2.24) is 10.3 Å². The van der Waals surface area contributed by atoms with Crippen molar-refractivity contribution in [2.24, 2.45) is 0 Å². The van der Waals surface area contributed by atoms with Gasteiger partial charge in [-0.05, 0) is 30.9 Å². The van der Waals surface area contributed by atoms with Crippen molar-refractivity contribution < 1.29 is 4.74 Å². The molecule has 0 aliphatic carbocycles. The highest BCUT2D eigenvalue weighted by Crippen LogP contribution is 2.51. The van der Waals surface area contributed by atoms with Crippen LogP contribution in [0.3, 0.4) is 0 Å². The molecule has 16 heavy (non-hydrogen) atoms. The minimum absolute atomic E-state index is 0.101. The van der Waals surface area contributed by atoms with E-state index in [1.165, 1.54) is 24.0 Å². The van der Waals surface area contributed by atoms with Crippen LogP contribution < -0.4 is 5.32 Å². The van der Waals surface area contributed by atoms with E-state index in [4.69, 9.17) is 16.3 Å². The SMILES string of the molecule is Clc1cc2c(cn1)C1(C[C@H]3CC[C@@H]1N3)OC2. The molecule has 4 heterocycles. The number of nitrogens with zero attached hydrogens (tertiary/aromatic N) is 1. The molecule has 0 amide bonds. The Morgan fingerprint density at radius 1 is 1.50 bits per heavy atom. The molecule has 3 aliphatic rings. The number of nitrogens with one attached hydrogen (secondary N) is 1. The Balaban J connectivity index is 1.84. The molecule has 2 saturated heterocycles. The molecule has 1 spiro atoms. The third-order valence-electron chi connectivity index (χ3n) is 4.25. The van der Waals surface area contributed by atoms with Crippen LogP contribution in [0.15, 0.2) is 12.3 Å². The second-order valence-electron chi connectivity index (χ2n) is 5.04. The average molecular weight is 237 g/mol. The number of ether oxygens (including phenoxy) is 1. The van der Waals surface area contributed by atoms with E-state index in [0.717, 1.165) is 6.42 Å². The maximum Gasteiger partial charge on any atom is 0.129 e. The van der Waals surface area contributed by atoms with Gasteiger partial charge in [0.1, 0.15) is 10.8 Å². The summed E-state index contributed by atoms with van der Waals surface area (Å²) >= 11 is 5.92. The van der Waals surface area contributed by atoms with Gasteiger partial charge in [-0.15, -0.1) is 0 Å². The first-order valence-corrected chi connectivity index (χ1v) is 6.21. The van der Waals surface area contributed by atoms with E-state index < -0.39 is 0 Å². The second kappa shape index (κ2) is 2.97. The van der Waals surface area contributed by atoms with Crippen LogP contribution in [0.4, 0.5) is 0 Å². The standard InChI is InChI=1S/C12H13ClN2O/c13-11-3-7-6-16-12(9(7)5-14-11)4-8-1-2-10(12)15-8/h3,5,8,10,15H,1-2,4,6H2/t8-,10+,12?/m1/s1. The molecule has 1 N–H and O–H groups in total. The number of hydrogen-bond donors (Lipinski definition) is 1. The first kappa shape index (κ1) is 9.40. The van der Waals surface area contributed by atoms with Gasteiger partial charge >= 0.3 is 0 Å². The Hall–Kier alpha value is -0.640. The summed E-state index contributed by atoms with van der Waals surface area (Å²) in [5.41, 5.74) is 2.38. The quantitative estimate of drug-likeness (QED) is 0.700. The van der Waals surface area contributed by atoms with Crippen LogP contribution in [0.5, 0.6) is 0 Å². The highest BCUT2D eigenvalue weighted by atomic mass is 35.5. The van der Waals surface area contributed by atoms with Crippen molar-refractivity contribution in [3.8, 4) is 0 Å². The summed E-state index contributed by atoms with van der Waals surface area (Å²) in [6.45, 7) is 0.683. The second-order valence-corrected chi connectivity index (χ2v) is 5.43. The van der Waals surface area contributed by atoms with Crippen LogP contribution in [0.2, 0.25) is 5.15 Å². The number of hydrogen-bond acceptors (Lipinski definition) is 3. The zero-order valence-electron chi connectivity index (χ0n) is 8.87. The molecule has 4 heteroatoms. The zero-order valence-corrected chi connectivity index (χ0v) is 9.63. The highest BCUT2D eigenvalue weighted by Gasteiger charge is 2.56. The van der Waals surface area contributed by atoms with Crippen molar-refractivity contribution in [3.05, 3.63) is 28.5 Å². The Labute approximate surface area is 99.2 Å². The van der Waals surface area contributed by atoms with E-state index >= 15 is 0 Å². The van der Waals surface area contributed by atoms with Crippen LogP contribution in [0.1, 0.15) is 30.4 Å². The molecule has 4 rings (SSSR count). The lowest BCUT2D eigenvalue weighted by atomic mass is 9.80. The van der Waals surface area contributed by atoms with Crippen LogP contribution in [-0.2, 0) is 16.9 Å². The molecule has 1 aromatic heterocycles. The van der Waals surface area contributed by atoms with Crippen LogP contribution >= 0.6 is 11.6 Å². The maximum absolute atomic E-state index is 6.10. The van der Waals surface area contributed by atoms with Crippen LogP contribution in [-0.4, -0.2) is 17.1 Å². The minimum atomic E-state index is -0.101. The van der Waals surface area contributed by atoms with Gasteiger partial charge in [-0.3, -0.25) is 0 Å². The molecule has 0 saturated carbocycles. The lowest BCUT2D eigenvalue weighted by Crippen LogP contribution is -2.38. The van der Waals surface area contributed by atoms with Gasteiger partial charge in [0.2, 0.25) is 0 Å². The first-order valence-electron chi connectivity index (χ1n) is 5.83. The van der Waals surface area contributed by atoms with Gasteiger partial charge in [0.15, 0.2) is 0 Å². The van der Waals surface area contributed by atoms with E-state index in [2.05, 4.69) is 10.3 Å². The molecule has 1 unspecified atom stereocenters. The van der Waals surface area contributed by atoms with E-state index in [-0.39, 0.29) is 5.60 Å². The fourth-order valence-corrected chi connectivity index (χ4v) is 3.75. The van der Waals surface area contributed by atoms with Crippen molar-refractivity contribution in [1.29, 1.82) is 0 Å². The molecule has 3 atom stereocenters. The largest absolute Gasteiger partial charge is 0.364 e.